The molecule has 0 amide bonds. The molecular weight excluding hydrogens is 210 g/mol. The number of nitrogens with zero attached hydrogens (tertiary/aromatic N) is 2. The summed E-state index contributed by atoms with van der Waals surface area (Å²) < 4.78 is 2.24. The molecule has 3 heteroatoms. The lowest BCUT2D eigenvalue weighted by Crippen LogP contribution is -2.16. The summed E-state index contributed by atoms with van der Waals surface area (Å²) in [6.07, 6.45) is 3.20. The number of nitrogens with one attached hydrogen (secondary N) is 1. The first kappa shape index (κ1) is 14.2. The molecule has 0 aliphatic heterocycles. The first-order valence-electron chi connectivity index (χ1n) is 6.87. The maximum Gasteiger partial charge on any atom is 0.0672 e. The smallest absolute Gasteiger partial charge is 0.0672 e. The highest BCUT2D eigenvalue weighted by atomic mass is 15.3. The highest BCUT2D eigenvalue weighted by molar-refractivity contribution is 5.30. The van der Waals surface area contributed by atoms with E-state index in [4.69, 9.17) is 5.10 Å². The van der Waals surface area contributed by atoms with Gasteiger partial charge in [0.1, 0.15) is 0 Å². The Kier molecular flexibility index (Phi) is 5.19. The van der Waals surface area contributed by atoms with Crippen LogP contribution in [0.25, 0.3) is 0 Å². The van der Waals surface area contributed by atoms with Crippen molar-refractivity contribution in [2.24, 2.45) is 0 Å². The molecule has 3 nitrogen and oxygen atoms in total. The third kappa shape index (κ3) is 2.71. The molecule has 1 aromatic heterocycles. The van der Waals surface area contributed by atoms with Crippen molar-refractivity contribution in [3.8, 4) is 0 Å². The second kappa shape index (κ2) is 6.20. The van der Waals surface area contributed by atoms with Gasteiger partial charge in [-0.25, -0.2) is 0 Å². The van der Waals surface area contributed by atoms with E-state index in [0.29, 0.717) is 12.1 Å². The van der Waals surface area contributed by atoms with Gasteiger partial charge in [0.15, 0.2) is 0 Å². The SMILES string of the molecule is CCc1nn(C(C)CC)c(CC)c1C(C)NC. The van der Waals surface area contributed by atoms with Gasteiger partial charge in [0, 0.05) is 23.3 Å². The summed E-state index contributed by atoms with van der Waals surface area (Å²) in [6, 6.07) is 0.880. The van der Waals surface area contributed by atoms with Crippen molar-refractivity contribution >= 4 is 0 Å². The quantitative estimate of drug-likeness (QED) is 0.823. The van der Waals surface area contributed by atoms with Crippen molar-refractivity contribution in [3.63, 3.8) is 0 Å². The third-order valence-electron chi connectivity index (χ3n) is 3.67. The average Bonchev–Trinajstić information content (AvgIpc) is 2.75. The van der Waals surface area contributed by atoms with Gasteiger partial charge in [-0.3, -0.25) is 4.68 Å². The number of hydrogen-bond acceptors (Lipinski definition) is 2. The summed E-state index contributed by atoms with van der Waals surface area (Å²) in [5, 5.41) is 8.16. The molecule has 1 rings (SSSR count). The molecule has 0 fully saturated rings. The number of rotatable bonds is 6. The first-order valence-corrected chi connectivity index (χ1v) is 6.87. The molecule has 2 unspecified atom stereocenters. The largest absolute Gasteiger partial charge is 0.313 e. The Bertz CT molecular complexity index is 355. The van der Waals surface area contributed by atoms with Gasteiger partial charge in [0.2, 0.25) is 0 Å². The summed E-state index contributed by atoms with van der Waals surface area (Å²) in [4.78, 5) is 0. The van der Waals surface area contributed by atoms with Crippen molar-refractivity contribution in [1.82, 2.24) is 15.1 Å². The Balaban J connectivity index is 3.30. The van der Waals surface area contributed by atoms with Gasteiger partial charge in [0.05, 0.1) is 5.69 Å². The standard InChI is InChI=1S/C14H27N3/c1-7-10(4)17-13(9-3)14(11(5)15-6)12(8-2)16-17/h10-11,15H,7-9H2,1-6H3. The van der Waals surface area contributed by atoms with Gasteiger partial charge in [-0.1, -0.05) is 20.8 Å². The van der Waals surface area contributed by atoms with Crippen LogP contribution >= 0.6 is 0 Å². The fourth-order valence-corrected chi connectivity index (χ4v) is 2.33. The van der Waals surface area contributed by atoms with Gasteiger partial charge in [0.25, 0.3) is 0 Å². The second-order valence-electron chi connectivity index (χ2n) is 4.73. The van der Waals surface area contributed by atoms with Crippen LogP contribution in [0.2, 0.25) is 0 Å². The molecule has 98 valence electrons. The lowest BCUT2D eigenvalue weighted by atomic mass is 10.0. The zero-order valence-electron chi connectivity index (χ0n) is 12.2. The minimum absolute atomic E-state index is 0.387. The molecule has 0 aliphatic carbocycles. The van der Waals surface area contributed by atoms with Gasteiger partial charge in [-0.2, -0.15) is 5.10 Å². The van der Waals surface area contributed by atoms with E-state index in [1.54, 1.807) is 0 Å². The van der Waals surface area contributed by atoms with Crippen molar-refractivity contribution < 1.29 is 0 Å². The monoisotopic (exact) mass is 237 g/mol. The summed E-state index contributed by atoms with van der Waals surface area (Å²) in [5.74, 6) is 0. The number of hydrogen-bond donors (Lipinski definition) is 1. The van der Waals surface area contributed by atoms with E-state index in [1.807, 2.05) is 7.05 Å². The zero-order chi connectivity index (χ0) is 13.0. The summed E-state index contributed by atoms with van der Waals surface area (Å²) >= 11 is 0. The maximum absolute atomic E-state index is 4.82. The van der Waals surface area contributed by atoms with E-state index in [0.717, 1.165) is 19.3 Å². The molecule has 0 aromatic carbocycles. The fourth-order valence-electron chi connectivity index (χ4n) is 2.33. The fraction of sp³-hybridized carbons (Fsp3) is 0.786. The second-order valence-corrected chi connectivity index (χ2v) is 4.73. The van der Waals surface area contributed by atoms with Crippen molar-refractivity contribution in [2.75, 3.05) is 7.05 Å². The number of aryl methyl sites for hydroxylation is 1. The van der Waals surface area contributed by atoms with Crippen LogP contribution in [0.15, 0.2) is 0 Å². The van der Waals surface area contributed by atoms with Crippen LogP contribution in [-0.2, 0) is 12.8 Å². The van der Waals surface area contributed by atoms with E-state index in [9.17, 15) is 0 Å². The molecule has 1 heterocycles. The Morgan fingerprint density at radius 2 is 1.82 bits per heavy atom. The van der Waals surface area contributed by atoms with E-state index >= 15 is 0 Å². The molecule has 0 spiro atoms. The Morgan fingerprint density at radius 1 is 1.18 bits per heavy atom. The van der Waals surface area contributed by atoms with Crippen LogP contribution < -0.4 is 5.32 Å². The molecule has 0 radical (unpaired) electrons. The van der Waals surface area contributed by atoms with Gasteiger partial charge >= 0.3 is 0 Å². The van der Waals surface area contributed by atoms with Crippen LogP contribution in [0.3, 0.4) is 0 Å². The minimum atomic E-state index is 0.387. The molecule has 0 bridgehead atoms. The summed E-state index contributed by atoms with van der Waals surface area (Å²) in [5.41, 5.74) is 4.07. The molecule has 0 saturated carbocycles. The molecule has 0 saturated heterocycles. The average molecular weight is 237 g/mol. The van der Waals surface area contributed by atoms with Gasteiger partial charge < -0.3 is 5.32 Å². The summed E-state index contributed by atoms with van der Waals surface area (Å²) in [7, 11) is 2.02. The molecule has 1 N–H and O–H groups in total. The van der Waals surface area contributed by atoms with Crippen molar-refractivity contribution in [3.05, 3.63) is 17.0 Å². The molecule has 2 atom stereocenters. The van der Waals surface area contributed by atoms with Crippen molar-refractivity contribution in [2.45, 2.75) is 66.0 Å². The molecule has 1 aromatic rings. The Labute approximate surface area is 106 Å². The summed E-state index contributed by atoms with van der Waals surface area (Å²) in [6.45, 7) is 11.1. The van der Waals surface area contributed by atoms with E-state index in [-0.39, 0.29) is 0 Å². The van der Waals surface area contributed by atoms with Gasteiger partial charge in [-0.05, 0) is 40.2 Å². The van der Waals surface area contributed by atoms with E-state index in [1.165, 1.54) is 17.0 Å². The maximum atomic E-state index is 4.82. The van der Waals surface area contributed by atoms with Gasteiger partial charge in [-0.15, -0.1) is 0 Å². The zero-order valence-corrected chi connectivity index (χ0v) is 12.2. The highest BCUT2D eigenvalue weighted by Crippen LogP contribution is 2.26. The Hall–Kier alpha value is -0.830. The first-order chi connectivity index (χ1) is 8.10. The highest BCUT2D eigenvalue weighted by Gasteiger charge is 2.21. The van der Waals surface area contributed by atoms with Crippen molar-refractivity contribution in [1.29, 1.82) is 0 Å². The van der Waals surface area contributed by atoms with Crippen LogP contribution in [0.5, 0.6) is 0 Å². The predicted octanol–water partition coefficient (Wildman–Crippen LogP) is 3.26. The van der Waals surface area contributed by atoms with Crippen LogP contribution in [0.1, 0.15) is 70.1 Å². The van der Waals surface area contributed by atoms with Crippen LogP contribution in [0, 0.1) is 0 Å². The van der Waals surface area contributed by atoms with E-state index in [2.05, 4.69) is 44.6 Å². The molecule has 0 aliphatic rings. The lowest BCUT2D eigenvalue weighted by molar-refractivity contribution is 0.457. The van der Waals surface area contributed by atoms with E-state index < -0.39 is 0 Å². The topological polar surface area (TPSA) is 29.9 Å². The normalized spacial score (nSPS) is 14.9. The molecule has 17 heavy (non-hydrogen) atoms. The predicted molar refractivity (Wildman–Crippen MR) is 73.5 cm³/mol. The third-order valence-corrected chi connectivity index (χ3v) is 3.67. The molecular formula is C14H27N3. The van der Waals surface area contributed by atoms with Crippen LogP contribution in [0.4, 0.5) is 0 Å². The number of aromatic nitrogens is 2. The van der Waals surface area contributed by atoms with Crippen LogP contribution in [-0.4, -0.2) is 16.8 Å². The minimum Gasteiger partial charge on any atom is -0.313 e. The lowest BCUT2D eigenvalue weighted by Gasteiger charge is -2.16. The Morgan fingerprint density at radius 3 is 2.24 bits per heavy atom.